The van der Waals surface area contributed by atoms with Gasteiger partial charge in [0.25, 0.3) is 0 Å². The third-order valence-corrected chi connectivity index (χ3v) is 11.9. The van der Waals surface area contributed by atoms with Gasteiger partial charge in [-0.05, 0) is 37.0 Å². The summed E-state index contributed by atoms with van der Waals surface area (Å²) >= 11 is 0. The molecule has 0 rings (SSSR count). The first-order chi connectivity index (χ1) is 28.6. The maximum atomic E-state index is 12.7. The van der Waals surface area contributed by atoms with Gasteiger partial charge in [-0.1, -0.05) is 247 Å². The van der Waals surface area contributed by atoms with E-state index in [1.165, 1.54) is 167 Å². The van der Waals surface area contributed by atoms with Crippen molar-refractivity contribution in [2.24, 2.45) is 17.8 Å². The SMILES string of the molecule is CC(C)CCCCCCCCCCCCCCCCC(=O)OC[C@@H](COC(=O)CCCCCCCCCCCCCC(C)C)OC(=O)CCCCCCCCCC(C)C. The minimum absolute atomic E-state index is 0.0652. The number of esters is 3. The van der Waals surface area contributed by atoms with E-state index < -0.39 is 6.10 Å². The highest BCUT2D eigenvalue weighted by Crippen LogP contribution is 2.18. The minimum Gasteiger partial charge on any atom is -0.462 e. The summed E-state index contributed by atoms with van der Waals surface area (Å²) in [4.78, 5) is 37.9. The first-order valence-electron chi connectivity index (χ1n) is 26.1. The minimum atomic E-state index is -0.763. The zero-order valence-corrected chi connectivity index (χ0v) is 40.5. The predicted octanol–water partition coefficient (Wildman–Crippen LogP) is 16.8. The fourth-order valence-corrected chi connectivity index (χ4v) is 7.94. The summed E-state index contributed by atoms with van der Waals surface area (Å²) in [6.07, 6.45) is 43.9. The summed E-state index contributed by atoms with van der Waals surface area (Å²) in [5, 5.41) is 0. The quantitative estimate of drug-likeness (QED) is 0.0345. The lowest BCUT2D eigenvalue weighted by Crippen LogP contribution is -2.30. The van der Waals surface area contributed by atoms with Crippen molar-refractivity contribution in [1.29, 1.82) is 0 Å². The van der Waals surface area contributed by atoms with E-state index in [2.05, 4.69) is 41.5 Å². The van der Waals surface area contributed by atoms with Crippen molar-refractivity contribution in [3.63, 3.8) is 0 Å². The van der Waals surface area contributed by atoms with Crippen molar-refractivity contribution in [2.45, 2.75) is 292 Å². The van der Waals surface area contributed by atoms with Crippen LogP contribution in [0.4, 0.5) is 0 Å². The van der Waals surface area contributed by atoms with Crippen LogP contribution in [0.2, 0.25) is 0 Å². The lowest BCUT2D eigenvalue weighted by atomic mass is 10.0. The first kappa shape index (κ1) is 57.4. The number of carbonyl (C=O) groups is 3. The maximum absolute atomic E-state index is 12.7. The normalized spacial score (nSPS) is 12.2. The largest absolute Gasteiger partial charge is 0.462 e. The molecular weight excluding hydrogens is 733 g/mol. The molecule has 0 saturated heterocycles. The van der Waals surface area contributed by atoms with Crippen LogP contribution >= 0.6 is 0 Å². The van der Waals surface area contributed by atoms with Crippen molar-refractivity contribution in [3.8, 4) is 0 Å². The van der Waals surface area contributed by atoms with Crippen LogP contribution in [0.15, 0.2) is 0 Å². The lowest BCUT2D eigenvalue weighted by Gasteiger charge is -2.18. The topological polar surface area (TPSA) is 78.9 Å². The summed E-state index contributed by atoms with van der Waals surface area (Å²) in [7, 11) is 0. The molecule has 0 aromatic rings. The van der Waals surface area contributed by atoms with Gasteiger partial charge in [0, 0.05) is 19.3 Å². The zero-order valence-electron chi connectivity index (χ0n) is 40.5. The van der Waals surface area contributed by atoms with Crippen molar-refractivity contribution in [3.05, 3.63) is 0 Å². The molecule has 0 fully saturated rings. The molecule has 1 atom stereocenters. The van der Waals surface area contributed by atoms with Crippen LogP contribution in [-0.2, 0) is 28.6 Å². The molecule has 6 heteroatoms. The van der Waals surface area contributed by atoms with E-state index in [4.69, 9.17) is 14.2 Å². The smallest absolute Gasteiger partial charge is 0.306 e. The van der Waals surface area contributed by atoms with Gasteiger partial charge >= 0.3 is 17.9 Å². The Hall–Kier alpha value is -1.59. The molecule has 0 heterocycles. The second-order valence-corrected chi connectivity index (χ2v) is 19.6. The molecule has 6 nitrogen and oxygen atoms in total. The Morgan fingerprint density at radius 2 is 0.492 bits per heavy atom. The second kappa shape index (κ2) is 44.5. The summed E-state index contributed by atoms with van der Waals surface area (Å²) in [5.74, 6) is 1.59. The molecule has 0 aliphatic carbocycles. The zero-order chi connectivity index (χ0) is 43.4. The Morgan fingerprint density at radius 3 is 0.729 bits per heavy atom. The monoisotopic (exact) mass is 835 g/mol. The molecule has 0 aliphatic heterocycles. The van der Waals surface area contributed by atoms with Gasteiger partial charge in [-0.2, -0.15) is 0 Å². The Labute approximate surface area is 368 Å². The number of ether oxygens (including phenoxy) is 3. The summed E-state index contributed by atoms with van der Waals surface area (Å²) in [5.41, 5.74) is 0. The fourth-order valence-electron chi connectivity index (χ4n) is 7.94. The number of carbonyl (C=O) groups excluding carboxylic acids is 3. The number of rotatable bonds is 46. The van der Waals surface area contributed by atoms with Crippen LogP contribution in [0, 0.1) is 17.8 Å². The van der Waals surface area contributed by atoms with Gasteiger partial charge in [-0.3, -0.25) is 14.4 Å². The van der Waals surface area contributed by atoms with E-state index >= 15 is 0 Å². The van der Waals surface area contributed by atoms with Gasteiger partial charge in [0.05, 0.1) is 0 Å². The van der Waals surface area contributed by atoms with Gasteiger partial charge in [0.1, 0.15) is 13.2 Å². The van der Waals surface area contributed by atoms with E-state index in [1.807, 2.05) is 0 Å². The molecule has 0 aliphatic rings. The molecule has 0 saturated carbocycles. The summed E-state index contributed by atoms with van der Waals surface area (Å²) in [6.45, 7) is 13.7. The Morgan fingerprint density at radius 1 is 0.288 bits per heavy atom. The molecule has 0 radical (unpaired) electrons. The molecule has 350 valence electrons. The Balaban J connectivity index is 4.26. The molecule has 0 aromatic heterocycles. The maximum Gasteiger partial charge on any atom is 0.306 e. The molecule has 59 heavy (non-hydrogen) atoms. The van der Waals surface area contributed by atoms with E-state index in [0.717, 1.165) is 75.5 Å². The van der Waals surface area contributed by atoms with Crippen LogP contribution in [0.25, 0.3) is 0 Å². The van der Waals surface area contributed by atoms with Crippen LogP contribution in [0.5, 0.6) is 0 Å². The molecule has 0 N–H and O–H groups in total. The lowest BCUT2D eigenvalue weighted by molar-refractivity contribution is -0.167. The number of hydrogen-bond donors (Lipinski definition) is 0. The highest BCUT2D eigenvalue weighted by atomic mass is 16.6. The van der Waals surface area contributed by atoms with Crippen LogP contribution < -0.4 is 0 Å². The molecular formula is C53H102O6. The van der Waals surface area contributed by atoms with Gasteiger partial charge in [0.2, 0.25) is 0 Å². The van der Waals surface area contributed by atoms with Crippen molar-refractivity contribution >= 4 is 17.9 Å². The average Bonchev–Trinajstić information content (AvgIpc) is 3.19. The molecule has 0 unspecified atom stereocenters. The van der Waals surface area contributed by atoms with Gasteiger partial charge in [0.15, 0.2) is 6.10 Å². The van der Waals surface area contributed by atoms with Gasteiger partial charge < -0.3 is 14.2 Å². The van der Waals surface area contributed by atoms with Crippen molar-refractivity contribution in [2.75, 3.05) is 13.2 Å². The highest BCUT2D eigenvalue weighted by Gasteiger charge is 2.19. The molecule has 0 bridgehead atoms. The second-order valence-electron chi connectivity index (χ2n) is 19.6. The van der Waals surface area contributed by atoms with E-state index in [-0.39, 0.29) is 31.1 Å². The predicted molar refractivity (Wildman–Crippen MR) is 252 cm³/mol. The van der Waals surface area contributed by atoms with E-state index in [9.17, 15) is 14.4 Å². The standard InChI is InChI=1S/C53H102O6/c1-47(2)39-33-27-21-16-12-9-7-8-10-14-18-24-30-36-42-51(54)57-45-50(59-53(56)44-38-32-26-20-23-29-35-41-49(5)6)46-58-52(55)43-37-31-25-19-15-11-13-17-22-28-34-40-48(3)4/h47-50H,7-46H2,1-6H3/t50-/m0/s1. The third-order valence-electron chi connectivity index (χ3n) is 11.9. The average molecular weight is 835 g/mol. The highest BCUT2D eigenvalue weighted by molar-refractivity contribution is 5.71. The number of unbranched alkanes of at least 4 members (excludes halogenated alkanes) is 29. The van der Waals surface area contributed by atoms with Crippen LogP contribution in [0.3, 0.4) is 0 Å². The number of hydrogen-bond acceptors (Lipinski definition) is 6. The van der Waals surface area contributed by atoms with Crippen LogP contribution in [-0.4, -0.2) is 37.2 Å². The Bertz CT molecular complexity index is 914. The van der Waals surface area contributed by atoms with E-state index in [0.29, 0.717) is 19.3 Å². The fraction of sp³-hybridized carbons (Fsp3) is 0.943. The van der Waals surface area contributed by atoms with Gasteiger partial charge in [-0.15, -0.1) is 0 Å². The molecule has 0 amide bonds. The van der Waals surface area contributed by atoms with Crippen molar-refractivity contribution < 1.29 is 28.6 Å². The summed E-state index contributed by atoms with van der Waals surface area (Å²) < 4.78 is 16.8. The first-order valence-corrected chi connectivity index (χ1v) is 26.1. The molecule has 0 aromatic carbocycles. The Kier molecular flexibility index (Phi) is 43.3. The van der Waals surface area contributed by atoms with Gasteiger partial charge in [-0.25, -0.2) is 0 Å². The molecule has 0 spiro atoms. The van der Waals surface area contributed by atoms with Crippen molar-refractivity contribution in [1.82, 2.24) is 0 Å². The third kappa shape index (κ3) is 47.3. The van der Waals surface area contributed by atoms with E-state index in [1.54, 1.807) is 0 Å². The van der Waals surface area contributed by atoms with Crippen LogP contribution in [0.1, 0.15) is 286 Å². The summed E-state index contributed by atoms with van der Waals surface area (Å²) in [6, 6.07) is 0.